The third kappa shape index (κ3) is 5.71. The molecule has 12 heteroatoms. The van der Waals surface area contributed by atoms with Crippen LogP contribution in [0.25, 0.3) is 0 Å². The first kappa shape index (κ1) is 30.9. The second kappa shape index (κ2) is 12.2. The van der Waals surface area contributed by atoms with Gasteiger partial charge in [-0.2, -0.15) is 14.8 Å². The zero-order valence-electron chi connectivity index (χ0n) is 24.7. The molecule has 0 saturated carbocycles. The molecule has 0 bridgehead atoms. The molecule has 44 heavy (non-hydrogen) atoms. The maximum atomic E-state index is 14.0. The Balaban J connectivity index is 1.34. The number of carbonyl (C=O) groups excluding carboxylic acids is 1. The number of carbonyl (C=O) groups is 1. The van der Waals surface area contributed by atoms with Gasteiger partial charge in [0, 0.05) is 63.5 Å². The zero-order chi connectivity index (χ0) is 31.8. The number of aryl methyl sites for hydroxylation is 2. The number of rotatable bonds is 5. The Bertz CT molecular complexity index is 1810. The third-order valence-electron chi connectivity index (χ3n) is 8.36. The van der Waals surface area contributed by atoms with Crippen LogP contribution in [0.2, 0.25) is 0 Å². The minimum absolute atomic E-state index is 0.00945. The molecule has 0 aromatic heterocycles. The molecule has 3 aromatic carbocycles. The van der Waals surface area contributed by atoms with Crippen molar-refractivity contribution >= 4 is 27.3 Å². The molecule has 0 aliphatic carbocycles. The van der Waals surface area contributed by atoms with Gasteiger partial charge in [0.05, 0.1) is 27.4 Å². The van der Waals surface area contributed by atoms with Crippen molar-refractivity contribution < 1.29 is 22.0 Å². The predicted octanol–water partition coefficient (Wildman–Crippen LogP) is 4.19. The van der Waals surface area contributed by atoms with Crippen LogP contribution in [-0.4, -0.2) is 75.4 Å². The number of halogens is 2. The maximum absolute atomic E-state index is 14.0. The van der Waals surface area contributed by atoms with Gasteiger partial charge in [-0.3, -0.25) is 4.79 Å². The molecule has 1 amide bonds. The van der Waals surface area contributed by atoms with Gasteiger partial charge in [-0.25, -0.2) is 17.2 Å². The SMILES string of the molecule is Cc1cc(C)c(S(=O)(=O)N2CCN(c3ccccc3C#N)CC2)cc1C(=O)N1CCN(c2cc(F)c(F)cc2C#N)CC1C. The highest BCUT2D eigenvalue weighted by atomic mass is 32.2. The minimum Gasteiger partial charge on any atom is -0.368 e. The van der Waals surface area contributed by atoms with E-state index in [0.717, 1.165) is 17.8 Å². The van der Waals surface area contributed by atoms with Crippen molar-refractivity contribution in [3.63, 3.8) is 0 Å². The van der Waals surface area contributed by atoms with Gasteiger partial charge < -0.3 is 14.7 Å². The second-order valence-electron chi connectivity index (χ2n) is 11.1. The summed E-state index contributed by atoms with van der Waals surface area (Å²) in [6.07, 6.45) is 0. The van der Waals surface area contributed by atoms with Crippen molar-refractivity contribution in [1.82, 2.24) is 9.21 Å². The second-order valence-corrected chi connectivity index (χ2v) is 13.0. The average Bonchev–Trinajstić information content (AvgIpc) is 3.01. The molecule has 3 aromatic rings. The van der Waals surface area contributed by atoms with Crippen LogP contribution in [-0.2, 0) is 10.0 Å². The standard InChI is InChI=1S/C32H32F2N6O3S/c1-21-14-22(2)31(44(42,43)39-11-8-37(9-12-39)29-7-5-4-6-24(29)18-35)16-26(21)32(41)40-13-10-38(20-23(40)3)30-17-28(34)27(33)15-25(30)19-36/h4-7,14-17,23H,8-13,20H2,1-3H3. The van der Waals surface area contributed by atoms with Gasteiger partial charge in [-0.1, -0.05) is 18.2 Å². The van der Waals surface area contributed by atoms with E-state index in [1.807, 2.05) is 30.0 Å². The van der Waals surface area contributed by atoms with Gasteiger partial charge in [-0.15, -0.1) is 0 Å². The first-order valence-corrected chi connectivity index (χ1v) is 15.7. The fraction of sp³-hybridized carbons (Fsp3) is 0.344. The van der Waals surface area contributed by atoms with E-state index in [4.69, 9.17) is 0 Å². The topological polar surface area (TPSA) is 112 Å². The lowest BCUT2D eigenvalue weighted by atomic mass is 10.0. The number of para-hydroxylation sites is 1. The molecule has 1 unspecified atom stereocenters. The number of sulfonamides is 1. The average molecular weight is 619 g/mol. The van der Waals surface area contributed by atoms with Crippen LogP contribution in [0.4, 0.5) is 20.2 Å². The molecule has 0 N–H and O–H groups in total. The molecule has 2 aliphatic rings. The quantitative estimate of drug-likeness (QED) is 0.422. The number of piperazine rings is 2. The summed E-state index contributed by atoms with van der Waals surface area (Å²) in [4.78, 5) is 19.3. The molecular weight excluding hydrogens is 586 g/mol. The highest BCUT2D eigenvalue weighted by Gasteiger charge is 2.34. The maximum Gasteiger partial charge on any atom is 0.254 e. The van der Waals surface area contributed by atoms with Crippen LogP contribution in [0.3, 0.4) is 0 Å². The predicted molar refractivity (Wildman–Crippen MR) is 162 cm³/mol. The summed E-state index contributed by atoms with van der Waals surface area (Å²) in [5.74, 6) is -2.48. The van der Waals surface area contributed by atoms with Crippen molar-refractivity contribution in [2.75, 3.05) is 55.6 Å². The largest absolute Gasteiger partial charge is 0.368 e. The molecule has 0 spiro atoms. The van der Waals surface area contributed by atoms with Gasteiger partial charge in [0.25, 0.3) is 5.91 Å². The van der Waals surface area contributed by atoms with E-state index in [0.29, 0.717) is 29.8 Å². The molecule has 2 saturated heterocycles. The van der Waals surface area contributed by atoms with Crippen LogP contribution in [0, 0.1) is 48.1 Å². The minimum atomic E-state index is -3.93. The Hall–Kier alpha value is -4.52. The lowest BCUT2D eigenvalue weighted by Crippen LogP contribution is -2.54. The Labute approximate surface area is 256 Å². The van der Waals surface area contributed by atoms with E-state index >= 15 is 0 Å². The van der Waals surface area contributed by atoms with Crippen LogP contribution in [0.15, 0.2) is 53.4 Å². The van der Waals surface area contributed by atoms with Crippen molar-refractivity contribution in [3.8, 4) is 12.1 Å². The highest BCUT2D eigenvalue weighted by Crippen LogP contribution is 2.30. The summed E-state index contributed by atoms with van der Waals surface area (Å²) in [5.41, 5.74) is 3.04. The van der Waals surface area contributed by atoms with E-state index in [9.17, 15) is 32.5 Å². The van der Waals surface area contributed by atoms with Crippen molar-refractivity contribution in [3.05, 3.63) is 88.0 Å². The molecule has 1 atom stereocenters. The number of nitrogens with zero attached hydrogens (tertiary/aromatic N) is 6. The fourth-order valence-corrected chi connectivity index (χ4v) is 7.67. The first-order chi connectivity index (χ1) is 21.0. The third-order valence-corrected chi connectivity index (χ3v) is 10.4. The van der Waals surface area contributed by atoms with E-state index in [1.165, 1.54) is 10.4 Å². The molecule has 2 heterocycles. The van der Waals surface area contributed by atoms with E-state index in [1.54, 1.807) is 41.8 Å². The zero-order valence-corrected chi connectivity index (χ0v) is 25.5. The Kier molecular flexibility index (Phi) is 8.60. The summed E-state index contributed by atoms with van der Waals surface area (Å²) < 4.78 is 56.8. The smallest absolute Gasteiger partial charge is 0.254 e. The van der Waals surface area contributed by atoms with E-state index in [2.05, 4.69) is 6.07 Å². The highest BCUT2D eigenvalue weighted by molar-refractivity contribution is 7.89. The van der Waals surface area contributed by atoms with Gasteiger partial charge in [0.2, 0.25) is 10.0 Å². The molecule has 0 radical (unpaired) electrons. The summed E-state index contributed by atoms with van der Waals surface area (Å²) in [7, 11) is -3.93. The Morgan fingerprint density at radius 2 is 1.45 bits per heavy atom. The van der Waals surface area contributed by atoms with Crippen LogP contribution in [0.1, 0.15) is 39.5 Å². The number of hydrogen-bond acceptors (Lipinski definition) is 7. The van der Waals surface area contributed by atoms with Crippen LogP contribution in [0.5, 0.6) is 0 Å². The van der Waals surface area contributed by atoms with Gasteiger partial charge >= 0.3 is 0 Å². The number of nitriles is 2. The number of benzene rings is 3. The van der Waals surface area contributed by atoms with Gasteiger partial charge in [0.15, 0.2) is 11.6 Å². The van der Waals surface area contributed by atoms with Crippen LogP contribution < -0.4 is 9.80 Å². The monoisotopic (exact) mass is 618 g/mol. The Morgan fingerprint density at radius 1 is 0.818 bits per heavy atom. The number of anilines is 2. The summed E-state index contributed by atoms with van der Waals surface area (Å²) >= 11 is 0. The van der Waals surface area contributed by atoms with Crippen LogP contribution >= 0.6 is 0 Å². The first-order valence-electron chi connectivity index (χ1n) is 14.3. The van der Waals surface area contributed by atoms with E-state index in [-0.39, 0.29) is 66.4 Å². The van der Waals surface area contributed by atoms with Crippen molar-refractivity contribution in [2.45, 2.75) is 31.7 Å². The molecule has 2 aliphatic heterocycles. The molecule has 9 nitrogen and oxygen atoms in total. The molecule has 2 fully saturated rings. The fourth-order valence-electron chi connectivity index (χ4n) is 6.01. The lowest BCUT2D eigenvalue weighted by molar-refractivity contribution is 0.0673. The lowest BCUT2D eigenvalue weighted by Gasteiger charge is -2.41. The van der Waals surface area contributed by atoms with Gasteiger partial charge in [0.1, 0.15) is 12.1 Å². The Morgan fingerprint density at radius 3 is 2.11 bits per heavy atom. The molecule has 5 rings (SSSR count). The number of hydrogen-bond donors (Lipinski definition) is 0. The van der Waals surface area contributed by atoms with Gasteiger partial charge in [-0.05, 0) is 56.2 Å². The number of amides is 1. The summed E-state index contributed by atoms with van der Waals surface area (Å²) in [5, 5.41) is 18.9. The summed E-state index contributed by atoms with van der Waals surface area (Å²) in [6, 6.07) is 16.0. The molecule has 228 valence electrons. The van der Waals surface area contributed by atoms with Crippen molar-refractivity contribution in [2.24, 2.45) is 0 Å². The summed E-state index contributed by atoms with van der Waals surface area (Å²) in [6.45, 7) is 7.40. The normalized spacial score (nSPS) is 17.7. The molecular formula is C32H32F2N6O3S. The van der Waals surface area contributed by atoms with Crippen molar-refractivity contribution in [1.29, 1.82) is 10.5 Å². The van der Waals surface area contributed by atoms with E-state index < -0.39 is 21.7 Å².